The third kappa shape index (κ3) is 4.25. The second-order valence-electron chi connectivity index (χ2n) is 6.45. The van der Waals surface area contributed by atoms with E-state index in [1.807, 2.05) is 59.2 Å². The molecular formula is C23H19ClN2O3. The lowest BCUT2D eigenvalue weighted by Gasteiger charge is -2.09. The van der Waals surface area contributed by atoms with Gasteiger partial charge in [-0.2, -0.15) is 0 Å². The summed E-state index contributed by atoms with van der Waals surface area (Å²) in [5, 5.41) is 0.705. The van der Waals surface area contributed by atoms with Gasteiger partial charge in [0.1, 0.15) is 18.7 Å². The molecule has 0 fully saturated rings. The number of halogens is 1. The minimum atomic E-state index is -0.340. The quantitative estimate of drug-likeness (QED) is 0.400. The molecule has 0 unspecified atom stereocenters. The van der Waals surface area contributed by atoms with Gasteiger partial charge in [0.25, 0.3) is 0 Å². The summed E-state index contributed by atoms with van der Waals surface area (Å²) in [4.78, 5) is 16.5. The van der Waals surface area contributed by atoms with E-state index in [9.17, 15) is 4.79 Å². The number of rotatable bonds is 6. The summed E-state index contributed by atoms with van der Waals surface area (Å²) < 4.78 is 12.9. The Bertz CT molecular complexity index is 1140. The van der Waals surface area contributed by atoms with E-state index in [1.165, 1.54) is 0 Å². The van der Waals surface area contributed by atoms with Crippen LogP contribution in [-0.4, -0.2) is 22.1 Å². The van der Waals surface area contributed by atoms with Gasteiger partial charge in [0.2, 0.25) is 0 Å². The first-order valence-electron chi connectivity index (χ1n) is 9.26. The highest BCUT2D eigenvalue weighted by Gasteiger charge is 2.11. The lowest BCUT2D eigenvalue weighted by molar-refractivity contribution is 0.0526. The topological polar surface area (TPSA) is 53.3 Å². The first kappa shape index (κ1) is 19.0. The lowest BCUT2D eigenvalue weighted by Crippen LogP contribution is -2.04. The maximum Gasteiger partial charge on any atom is 0.338 e. The summed E-state index contributed by atoms with van der Waals surface area (Å²) in [6.45, 7) is 2.60. The molecule has 0 bridgehead atoms. The number of ether oxygens (including phenoxy) is 2. The zero-order valence-corrected chi connectivity index (χ0v) is 16.6. The van der Waals surface area contributed by atoms with Crippen molar-refractivity contribution in [3.8, 4) is 11.4 Å². The van der Waals surface area contributed by atoms with E-state index in [-0.39, 0.29) is 5.97 Å². The maximum absolute atomic E-state index is 12.0. The fourth-order valence-corrected chi connectivity index (χ4v) is 3.13. The average Bonchev–Trinajstić information content (AvgIpc) is 3.17. The molecule has 0 saturated heterocycles. The van der Waals surface area contributed by atoms with Gasteiger partial charge in [0.15, 0.2) is 0 Å². The predicted molar refractivity (Wildman–Crippen MR) is 113 cm³/mol. The molecule has 0 aliphatic heterocycles. The van der Waals surface area contributed by atoms with Crippen molar-refractivity contribution in [3.63, 3.8) is 0 Å². The fourth-order valence-electron chi connectivity index (χ4n) is 3.01. The summed E-state index contributed by atoms with van der Waals surface area (Å²) >= 11 is 5.91. The van der Waals surface area contributed by atoms with Crippen LogP contribution < -0.4 is 4.74 Å². The van der Waals surface area contributed by atoms with Crippen LogP contribution in [0, 0.1) is 0 Å². The highest BCUT2D eigenvalue weighted by atomic mass is 35.5. The number of fused-ring (bicyclic) bond motifs is 1. The number of benzene rings is 3. The van der Waals surface area contributed by atoms with Crippen LogP contribution in [0.5, 0.6) is 5.75 Å². The smallest absolute Gasteiger partial charge is 0.338 e. The Hall–Kier alpha value is -3.31. The van der Waals surface area contributed by atoms with Crippen molar-refractivity contribution in [3.05, 3.63) is 89.2 Å². The van der Waals surface area contributed by atoms with Gasteiger partial charge in [-0.05, 0) is 67.1 Å². The van der Waals surface area contributed by atoms with E-state index < -0.39 is 0 Å². The Kier molecular flexibility index (Phi) is 5.49. The molecular weight excluding hydrogens is 388 g/mol. The van der Waals surface area contributed by atoms with Crippen LogP contribution in [0.3, 0.4) is 0 Å². The molecule has 0 radical (unpaired) electrons. The molecule has 5 nitrogen and oxygen atoms in total. The lowest BCUT2D eigenvalue weighted by atomic mass is 10.2. The number of hydrogen-bond donors (Lipinski definition) is 0. The first-order chi connectivity index (χ1) is 14.1. The second kappa shape index (κ2) is 8.37. The highest BCUT2D eigenvalue weighted by Crippen LogP contribution is 2.23. The Morgan fingerprint density at radius 2 is 1.79 bits per heavy atom. The molecule has 0 saturated carbocycles. The van der Waals surface area contributed by atoms with Gasteiger partial charge in [0.05, 0.1) is 23.2 Å². The number of carbonyl (C=O) groups excluding carboxylic acids is 1. The third-order valence-corrected chi connectivity index (χ3v) is 4.74. The van der Waals surface area contributed by atoms with E-state index in [4.69, 9.17) is 21.1 Å². The molecule has 4 rings (SSSR count). The fraction of sp³-hybridized carbons (Fsp3) is 0.130. The Balaban J connectivity index is 1.53. The number of aromatic nitrogens is 2. The minimum absolute atomic E-state index is 0.340. The molecule has 3 aromatic carbocycles. The van der Waals surface area contributed by atoms with Gasteiger partial charge in [-0.15, -0.1) is 0 Å². The van der Waals surface area contributed by atoms with Gasteiger partial charge in [-0.3, -0.25) is 4.57 Å². The Morgan fingerprint density at radius 1 is 1.03 bits per heavy atom. The highest BCUT2D eigenvalue weighted by molar-refractivity contribution is 6.30. The number of nitrogens with zero attached hydrogens (tertiary/aromatic N) is 2. The molecule has 4 aromatic rings. The molecule has 0 spiro atoms. The molecule has 0 aliphatic carbocycles. The summed E-state index contributed by atoms with van der Waals surface area (Å²) in [5.41, 5.74) is 4.12. The van der Waals surface area contributed by atoms with Crippen molar-refractivity contribution >= 4 is 28.6 Å². The zero-order valence-electron chi connectivity index (χ0n) is 15.8. The zero-order chi connectivity index (χ0) is 20.2. The van der Waals surface area contributed by atoms with Crippen LogP contribution in [0.4, 0.5) is 0 Å². The van der Waals surface area contributed by atoms with Gasteiger partial charge in [-0.25, -0.2) is 9.78 Å². The van der Waals surface area contributed by atoms with Crippen LogP contribution >= 0.6 is 11.6 Å². The molecule has 29 heavy (non-hydrogen) atoms. The van der Waals surface area contributed by atoms with Gasteiger partial charge in [-0.1, -0.05) is 23.7 Å². The summed E-state index contributed by atoms with van der Waals surface area (Å²) in [6.07, 6.45) is 1.74. The van der Waals surface area contributed by atoms with Gasteiger partial charge in [0, 0.05) is 10.7 Å². The number of imidazole rings is 1. The van der Waals surface area contributed by atoms with E-state index >= 15 is 0 Å². The maximum atomic E-state index is 12.0. The molecule has 1 heterocycles. The third-order valence-electron chi connectivity index (χ3n) is 4.49. The van der Waals surface area contributed by atoms with E-state index in [1.54, 1.807) is 25.4 Å². The monoisotopic (exact) mass is 406 g/mol. The average molecular weight is 407 g/mol. The molecule has 0 amide bonds. The van der Waals surface area contributed by atoms with Crippen LogP contribution in [0.1, 0.15) is 22.8 Å². The predicted octanol–water partition coefficient (Wildman–Crippen LogP) is 5.43. The van der Waals surface area contributed by atoms with Crippen LogP contribution in [-0.2, 0) is 11.3 Å². The molecule has 0 atom stereocenters. The minimum Gasteiger partial charge on any atom is -0.489 e. The van der Waals surface area contributed by atoms with Crippen molar-refractivity contribution in [2.45, 2.75) is 13.5 Å². The Labute approximate surface area is 173 Å². The van der Waals surface area contributed by atoms with Crippen molar-refractivity contribution in [2.24, 2.45) is 0 Å². The first-order valence-corrected chi connectivity index (χ1v) is 9.64. The number of hydrogen-bond acceptors (Lipinski definition) is 4. The van der Waals surface area contributed by atoms with E-state index in [0.717, 1.165) is 28.0 Å². The summed E-state index contributed by atoms with van der Waals surface area (Å²) in [6, 6.07) is 20.6. The van der Waals surface area contributed by atoms with Gasteiger partial charge < -0.3 is 9.47 Å². The summed E-state index contributed by atoms with van der Waals surface area (Å²) in [5.74, 6) is 0.424. The van der Waals surface area contributed by atoms with Crippen LogP contribution in [0.2, 0.25) is 5.02 Å². The number of esters is 1. The molecule has 0 N–H and O–H groups in total. The van der Waals surface area contributed by atoms with E-state index in [0.29, 0.717) is 23.8 Å². The van der Waals surface area contributed by atoms with Crippen molar-refractivity contribution < 1.29 is 14.3 Å². The second-order valence-corrected chi connectivity index (χ2v) is 6.88. The van der Waals surface area contributed by atoms with Crippen molar-refractivity contribution in [1.82, 2.24) is 9.55 Å². The largest absolute Gasteiger partial charge is 0.489 e. The molecule has 0 aliphatic rings. The Morgan fingerprint density at radius 3 is 2.52 bits per heavy atom. The van der Waals surface area contributed by atoms with Gasteiger partial charge >= 0.3 is 5.97 Å². The summed E-state index contributed by atoms with van der Waals surface area (Å²) in [7, 11) is 0. The van der Waals surface area contributed by atoms with Crippen molar-refractivity contribution in [2.75, 3.05) is 6.61 Å². The standard InChI is InChI=1S/C23H19ClN2O3/c1-2-28-23(27)17-5-12-21-22(13-17)26(15-25-21)19-8-10-20(11-9-19)29-14-16-3-6-18(24)7-4-16/h3-13,15H,2,14H2,1H3. The molecule has 6 heteroatoms. The van der Waals surface area contributed by atoms with E-state index in [2.05, 4.69) is 4.98 Å². The normalized spacial score (nSPS) is 10.8. The SMILES string of the molecule is CCOC(=O)c1ccc2ncn(-c3ccc(OCc4ccc(Cl)cc4)cc3)c2c1. The van der Waals surface area contributed by atoms with Crippen molar-refractivity contribution in [1.29, 1.82) is 0 Å². The molecule has 1 aromatic heterocycles. The number of carbonyl (C=O) groups is 1. The van der Waals surface area contributed by atoms with Crippen LogP contribution in [0.15, 0.2) is 73.1 Å². The van der Waals surface area contributed by atoms with Crippen LogP contribution in [0.25, 0.3) is 16.7 Å². The molecule has 146 valence electrons.